The third-order valence-corrected chi connectivity index (χ3v) is 5.14. The Morgan fingerprint density at radius 2 is 1.96 bits per heavy atom. The minimum atomic E-state index is -0.586. The van der Waals surface area contributed by atoms with Gasteiger partial charge < -0.3 is 20.0 Å². The number of hydrogen-bond acceptors (Lipinski definition) is 4. The van der Waals surface area contributed by atoms with Gasteiger partial charge in [-0.25, -0.2) is 4.79 Å². The van der Waals surface area contributed by atoms with Gasteiger partial charge in [0.2, 0.25) is 5.91 Å². The van der Waals surface area contributed by atoms with Crippen molar-refractivity contribution in [3.8, 4) is 0 Å². The number of H-pyrrole nitrogens is 2. The standard InChI is InChI=1S/C17H19N3O4/c21-14-8-11(17(24-14)5-1-2-6-17)15(22)18-9-10-3-4-12-13(7-10)20-16(23)19-12/h3-4,7,11H,1-2,5-6,8-9H2,(H,18,22)(H2,19,20,23). The van der Waals surface area contributed by atoms with Gasteiger partial charge in [0.05, 0.1) is 23.4 Å². The fourth-order valence-corrected chi connectivity index (χ4v) is 3.95. The number of ether oxygens (including phenoxy) is 1. The average molecular weight is 329 g/mol. The van der Waals surface area contributed by atoms with E-state index in [0.717, 1.165) is 36.8 Å². The Morgan fingerprint density at radius 3 is 2.75 bits per heavy atom. The number of nitrogens with one attached hydrogen (secondary N) is 3. The van der Waals surface area contributed by atoms with Gasteiger partial charge >= 0.3 is 11.7 Å². The van der Waals surface area contributed by atoms with Crippen molar-refractivity contribution < 1.29 is 14.3 Å². The predicted octanol–water partition coefficient (Wildman–Crippen LogP) is 1.35. The lowest BCUT2D eigenvalue weighted by Crippen LogP contribution is -2.42. The van der Waals surface area contributed by atoms with Crippen LogP contribution in [0.15, 0.2) is 23.0 Å². The third-order valence-electron chi connectivity index (χ3n) is 5.14. The molecular formula is C17H19N3O4. The average Bonchev–Trinajstić information content (AvgIpc) is 3.23. The molecule has 1 saturated heterocycles. The van der Waals surface area contributed by atoms with Crippen LogP contribution in [0.3, 0.4) is 0 Å². The summed E-state index contributed by atoms with van der Waals surface area (Å²) in [6.45, 7) is 0.350. The van der Waals surface area contributed by atoms with Crippen molar-refractivity contribution in [3.63, 3.8) is 0 Å². The van der Waals surface area contributed by atoms with Crippen molar-refractivity contribution in [1.29, 1.82) is 0 Å². The van der Waals surface area contributed by atoms with Crippen molar-refractivity contribution in [1.82, 2.24) is 15.3 Å². The van der Waals surface area contributed by atoms with E-state index in [0.29, 0.717) is 12.1 Å². The molecule has 2 aromatic rings. The zero-order chi connectivity index (χ0) is 16.7. The van der Waals surface area contributed by atoms with E-state index in [2.05, 4.69) is 15.3 Å². The first-order valence-electron chi connectivity index (χ1n) is 8.26. The lowest BCUT2D eigenvalue weighted by Gasteiger charge is -2.27. The topological polar surface area (TPSA) is 104 Å². The van der Waals surface area contributed by atoms with Crippen LogP contribution in [0.25, 0.3) is 11.0 Å². The van der Waals surface area contributed by atoms with Crippen molar-refractivity contribution in [3.05, 3.63) is 34.2 Å². The Balaban J connectivity index is 1.47. The summed E-state index contributed by atoms with van der Waals surface area (Å²) in [5.41, 5.74) is 1.48. The van der Waals surface area contributed by atoms with Gasteiger partial charge in [-0.05, 0) is 43.4 Å². The molecule has 1 aliphatic heterocycles. The Labute approximate surface area is 137 Å². The molecule has 1 aliphatic carbocycles. The van der Waals surface area contributed by atoms with E-state index >= 15 is 0 Å². The number of benzene rings is 1. The smallest absolute Gasteiger partial charge is 0.323 e. The van der Waals surface area contributed by atoms with Crippen LogP contribution < -0.4 is 11.0 Å². The molecule has 2 aliphatic rings. The van der Waals surface area contributed by atoms with Crippen LogP contribution in [0, 0.1) is 5.92 Å². The normalized spacial score (nSPS) is 22.2. The Kier molecular flexibility index (Phi) is 3.44. The summed E-state index contributed by atoms with van der Waals surface area (Å²) < 4.78 is 5.51. The SMILES string of the molecule is O=C1CC(C(=O)NCc2ccc3[nH]c(=O)[nH]c3c2)C2(CCCC2)O1. The summed E-state index contributed by atoms with van der Waals surface area (Å²) in [6.07, 6.45) is 3.69. The molecule has 1 atom stereocenters. The molecule has 1 amide bonds. The van der Waals surface area contributed by atoms with Gasteiger partial charge in [-0.3, -0.25) is 9.59 Å². The van der Waals surface area contributed by atoms with E-state index in [1.54, 1.807) is 6.07 Å². The maximum Gasteiger partial charge on any atom is 0.323 e. The summed E-state index contributed by atoms with van der Waals surface area (Å²) >= 11 is 0. The van der Waals surface area contributed by atoms with Gasteiger partial charge in [0.15, 0.2) is 0 Å². The highest BCUT2D eigenvalue weighted by molar-refractivity contribution is 5.88. The van der Waals surface area contributed by atoms with Crippen LogP contribution in [0.4, 0.5) is 0 Å². The molecule has 4 rings (SSSR count). The van der Waals surface area contributed by atoms with Gasteiger partial charge in [0.1, 0.15) is 5.60 Å². The quantitative estimate of drug-likeness (QED) is 0.739. The van der Waals surface area contributed by atoms with Crippen LogP contribution in [0.2, 0.25) is 0 Å². The highest BCUT2D eigenvalue weighted by atomic mass is 16.6. The van der Waals surface area contributed by atoms with E-state index in [-0.39, 0.29) is 24.0 Å². The second-order valence-electron chi connectivity index (χ2n) is 6.68. The molecular weight excluding hydrogens is 310 g/mol. The first kappa shape index (κ1) is 15.0. The number of esters is 1. The lowest BCUT2D eigenvalue weighted by atomic mass is 9.85. The third kappa shape index (κ3) is 2.50. The first-order chi connectivity index (χ1) is 11.6. The molecule has 1 saturated carbocycles. The zero-order valence-corrected chi connectivity index (χ0v) is 13.2. The summed E-state index contributed by atoms with van der Waals surface area (Å²) in [5, 5.41) is 2.91. The van der Waals surface area contributed by atoms with Gasteiger partial charge in [-0.2, -0.15) is 0 Å². The number of rotatable bonds is 3. The van der Waals surface area contributed by atoms with Gasteiger partial charge in [-0.15, -0.1) is 0 Å². The number of hydrogen-bond donors (Lipinski definition) is 3. The molecule has 126 valence electrons. The minimum Gasteiger partial charge on any atom is -0.458 e. The van der Waals surface area contributed by atoms with Crippen LogP contribution in [0.1, 0.15) is 37.7 Å². The van der Waals surface area contributed by atoms with Crippen LogP contribution in [-0.4, -0.2) is 27.4 Å². The lowest BCUT2D eigenvalue weighted by molar-refractivity contribution is -0.149. The molecule has 7 nitrogen and oxygen atoms in total. The molecule has 2 heterocycles. The molecule has 0 bridgehead atoms. The largest absolute Gasteiger partial charge is 0.458 e. The summed E-state index contributed by atoms with van der Waals surface area (Å²) in [7, 11) is 0. The number of imidazole rings is 1. The van der Waals surface area contributed by atoms with Crippen LogP contribution >= 0.6 is 0 Å². The van der Waals surface area contributed by atoms with Crippen molar-refractivity contribution >= 4 is 22.9 Å². The maximum atomic E-state index is 12.6. The van der Waals surface area contributed by atoms with Gasteiger partial charge in [-0.1, -0.05) is 6.07 Å². The van der Waals surface area contributed by atoms with Gasteiger partial charge in [0, 0.05) is 6.54 Å². The van der Waals surface area contributed by atoms with E-state index < -0.39 is 11.5 Å². The van der Waals surface area contributed by atoms with Crippen LogP contribution in [-0.2, 0) is 20.9 Å². The Hall–Kier alpha value is -2.57. The number of fused-ring (bicyclic) bond motifs is 1. The second-order valence-corrected chi connectivity index (χ2v) is 6.68. The molecule has 24 heavy (non-hydrogen) atoms. The van der Waals surface area contributed by atoms with Crippen molar-refractivity contribution in [2.45, 2.75) is 44.2 Å². The zero-order valence-electron chi connectivity index (χ0n) is 13.2. The molecule has 3 N–H and O–H groups in total. The first-order valence-corrected chi connectivity index (χ1v) is 8.26. The molecule has 1 aromatic heterocycles. The predicted molar refractivity (Wildman–Crippen MR) is 86.2 cm³/mol. The summed E-state index contributed by atoms with van der Waals surface area (Å²) in [5.74, 6) is -0.808. The number of carbonyl (C=O) groups excluding carboxylic acids is 2. The maximum absolute atomic E-state index is 12.6. The molecule has 0 radical (unpaired) electrons. The number of aromatic nitrogens is 2. The molecule has 1 aromatic carbocycles. The fourth-order valence-electron chi connectivity index (χ4n) is 3.95. The van der Waals surface area contributed by atoms with E-state index in [9.17, 15) is 14.4 Å². The number of carbonyl (C=O) groups is 2. The molecule has 1 unspecified atom stereocenters. The fraction of sp³-hybridized carbons (Fsp3) is 0.471. The second kappa shape index (κ2) is 5.51. The monoisotopic (exact) mass is 329 g/mol. The van der Waals surface area contributed by atoms with Crippen molar-refractivity contribution in [2.75, 3.05) is 0 Å². The molecule has 2 fully saturated rings. The van der Waals surface area contributed by atoms with E-state index in [1.807, 2.05) is 12.1 Å². The summed E-state index contributed by atoms with van der Waals surface area (Å²) in [6, 6.07) is 5.48. The Bertz CT molecular complexity index is 860. The van der Waals surface area contributed by atoms with Gasteiger partial charge in [0.25, 0.3) is 0 Å². The minimum absolute atomic E-state index is 0.134. The number of amides is 1. The Morgan fingerprint density at radius 1 is 1.21 bits per heavy atom. The van der Waals surface area contributed by atoms with E-state index in [4.69, 9.17) is 4.74 Å². The van der Waals surface area contributed by atoms with Crippen molar-refractivity contribution in [2.24, 2.45) is 5.92 Å². The van der Waals surface area contributed by atoms with Crippen LogP contribution in [0.5, 0.6) is 0 Å². The highest BCUT2D eigenvalue weighted by Gasteiger charge is 2.53. The molecule has 1 spiro atoms. The number of aromatic amines is 2. The summed E-state index contributed by atoms with van der Waals surface area (Å²) in [4.78, 5) is 41.0. The van der Waals surface area contributed by atoms with E-state index in [1.165, 1.54) is 0 Å². The highest BCUT2D eigenvalue weighted by Crippen LogP contribution is 2.45. The molecule has 7 heteroatoms.